The highest BCUT2D eigenvalue weighted by Gasteiger charge is 2.01. The second kappa shape index (κ2) is 6.26. The minimum atomic E-state index is 1.08. The van der Waals surface area contributed by atoms with Gasteiger partial charge in [-0.3, -0.25) is 0 Å². The van der Waals surface area contributed by atoms with E-state index in [2.05, 4.69) is 32.3 Å². The van der Waals surface area contributed by atoms with Crippen molar-refractivity contribution in [2.75, 3.05) is 13.1 Å². The molecule has 0 saturated carbocycles. The Morgan fingerprint density at radius 2 is 1.55 bits per heavy atom. The summed E-state index contributed by atoms with van der Waals surface area (Å²) in [5.74, 6) is 0. The molecule has 0 fully saturated rings. The minimum absolute atomic E-state index is 1.08. The van der Waals surface area contributed by atoms with Crippen LogP contribution in [0.5, 0.6) is 0 Å². The summed E-state index contributed by atoms with van der Waals surface area (Å²) >= 11 is 0. The normalized spacial score (nSPS) is 9.73. The van der Waals surface area contributed by atoms with Gasteiger partial charge in [0.1, 0.15) is 0 Å². The van der Waals surface area contributed by atoms with Gasteiger partial charge in [-0.25, -0.2) is 0 Å². The van der Waals surface area contributed by atoms with E-state index in [0.29, 0.717) is 0 Å². The van der Waals surface area contributed by atoms with E-state index in [1.807, 2.05) is 0 Å². The Balaban J connectivity index is 3.76. The van der Waals surface area contributed by atoms with Crippen molar-refractivity contribution in [3.8, 4) is 0 Å². The summed E-state index contributed by atoms with van der Waals surface area (Å²) in [6, 6.07) is 0. The monoisotopic (exact) mass is 155 g/mol. The molecule has 0 heterocycles. The van der Waals surface area contributed by atoms with Gasteiger partial charge in [0.25, 0.3) is 0 Å². The topological polar surface area (TPSA) is 3.24 Å². The number of hydrogen-bond acceptors (Lipinski definition) is 1. The molecular weight excluding hydrogens is 134 g/mol. The van der Waals surface area contributed by atoms with Gasteiger partial charge in [-0.2, -0.15) is 0 Å². The summed E-state index contributed by atoms with van der Waals surface area (Å²) in [5, 5.41) is 0. The second-order valence-electron chi connectivity index (χ2n) is 2.91. The molecule has 11 heavy (non-hydrogen) atoms. The van der Waals surface area contributed by atoms with Gasteiger partial charge in [-0.15, -0.1) is 0 Å². The van der Waals surface area contributed by atoms with Crippen molar-refractivity contribution < 1.29 is 0 Å². The lowest BCUT2D eigenvalue weighted by atomic mass is 10.3. The molecule has 0 rings (SSSR count). The van der Waals surface area contributed by atoms with Gasteiger partial charge in [-0.1, -0.05) is 27.4 Å². The van der Waals surface area contributed by atoms with Crippen LogP contribution in [0.1, 0.15) is 40.0 Å². The average molecular weight is 155 g/mol. The van der Waals surface area contributed by atoms with Crippen molar-refractivity contribution in [3.63, 3.8) is 0 Å². The maximum absolute atomic E-state index is 4.04. The molecule has 0 aromatic carbocycles. The summed E-state index contributed by atoms with van der Waals surface area (Å²) in [4.78, 5) is 2.39. The molecule has 0 aliphatic heterocycles. The molecule has 1 heteroatoms. The highest BCUT2D eigenvalue weighted by molar-refractivity contribution is 4.91. The van der Waals surface area contributed by atoms with Crippen molar-refractivity contribution in [2.45, 2.75) is 40.0 Å². The predicted molar refractivity (Wildman–Crippen MR) is 51.6 cm³/mol. The van der Waals surface area contributed by atoms with Crippen LogP contribution in [0.3, 0.4) is 0 Å². The summed E-state index contributed by atoms with van der Waals surface area (Å²) in [6.45, 7) is 13.0. The van der Waals surface area contributed by atoms with Crippen molar-refractivity contribution in [1.82, 2.24) is 4.90 Å². The highest BCUT2D eigenvalue weighted by Crippen LogP contribution is 2.07. The lowest BCUT2D eigenvalue weighted by Gasteiger charge is -2.24. The summed E-state index contributed by atoms with van der Waals surface area (Å²) < 4.78 is 0. The first-order valence-electron chi connectivity index (χ1n) is 4.68. The largest absolute Gasteiger partial charge is 0.375 e. The third-order valence-electron chi connectivity index (χ3n) is 1.84. The molecule has 0 atom stereocenters. The van der Waals surface area contributed by atoms with Crippen LogP contribution in [0.15, 0.2) is 12.3 Å². The molecule has 66 valence electrons. The molecule has 0 aliphatic rings. The van der Waals surface area contributed by atoms with E-state index in [1.165, 1.54) is 31.6 Å². The van der Waals surface area contributed by atoms with Crippen LogP contribution in [-0.2, 0) is 0 Å². The van der Waals surface area contributed by atoms with Gasteiger partial charge < -0.3 is 4.90 Å². The molecule has 0 aromatic heterocycles. The molecule has 1 nitrogen and oxygen atoms in total. The molecule has 0 aromatic rings. The Morgan fingerprint density at radius 3 is 1.82 bits per heavy atom. The van der Waals surface area contributed by atoms with E-state index in [9.17, 15) is 0 Å². The van der Waals surface area contributed by atoms with Crippen molar-refractivity contribution in [1.29, 1.82) is 0 Å². The first-order valence-corrected chi connectivity index (χ1v) is 4.68. The van der Waals surface area contributed by atoms with Gasteiger partial charge in [-0.05, 0) is 19.3 Å². The van der Waals surface area contributed by atoms with Crippen LogP contribution in [0.2, 0.25) is 0 Å². The SMILES string of the molecule is C=C(CC)N(CCC)CCC. The fraction of sp³-hybridized carbons (Fsp3) is 0.800. The highest BCUT2D eigenvalue weighted by atomic mass is 15.1. The van der Waals surface area contributed by atoms with E-state index >= 15 is 0 Å². The molecule has 0 unspecified atom stereocenters. The number of allylic oxidation sites excluding steroid dienone is 1. The Kier molecular flexibility index (Phi) is 6.00. The van der Waals surface area contributed by atoms with E-state index in [0.717, 1.165) is 6.42 Å². The van der Waals surface area contributed by atoms with Crippen molar-refractivity contribution >= 4 is 0 Å². The average Bonchev–Trinajstić information content (AvgIpc) is 2.03. The van der Waals surface area contributed by atoms with Crippen LogP contribution in [-0.4, -0.2) is 18.0 Å². The Labute approximate surface area is 71.1 Å². The van der Waals surface area contributed by atoms with Gasteiger partial charge in [0.15, 0.2) is 0 Å². The third-order valence-corrected chi connectivity index (χ3v) is 1.84. The summed E-state index contributed by atoms with van der Waals surface area (Å²) in [6.07, 6.45) is 3.53. The van der Waals surface area contributed by atoms with Gasteiger partial charge in [0.2, 0.25) is 0 Å². The molecule has 0 spiro atoms. The fourth-order valence-corrected chi connectivity index (χ4v) is 1.19. The minimum Gasteiger partial charge on any atom is -0.375 e. The Bertz CT molecular complexity index is 101. The number of hydrogen-bond donors (Lipinski definition) is 0. The van der Waals surface area contributed by atoms with Crippen LogP contribution >= 0.6 is 0 Å². The van der Waals surface area contributed by atoms with E-state index < -0.39 is 0 Å². The zero-order chi connectivity index (χ0) is 8.69. The van der Waals surface area contributed by atoms with Crippen LogP contribution in [0.25, 0.3) is 0 Å². The summed E-state index contributed by atoms with van der Waals surface area (Å²) in [5.41, 5.74) is 1.29. The molecule has 0 radical (unpaired) electrons. The summed E-state index contributed by atoms with van der Waals surface area (Å²) in [7, 11) is 0. The van der Waals surface area contributed by atoms with Gasteiger partial charge >= 0.3 is 0 Å². The van der Waals surface area contributed by atoms with Crippen LogP contribution < -0.4 is 0 Å². The lowest BCUT2D eigenvalue weighted by Crippen LogP contribution is -2.23. The molecule has 0 N–H and O–H groups in total. The zero-order valence-corrected chi connectivity index (χ0v) is 8.19. The molecule has 0 aliphatic carbocycles. The molecule has 0 amide bonds. The van der Waals surface area contributed by atoms with Gasteiger partial charge in [0, 0.05) is 18.8 Å². The lowest BCUT2D eigenvalue weighted by molar-refractivity contribution is 0.337. The second-order valence-corrected chi connectivity index (χ2v) is 2.91. The van der Waals surface area contributed by atoms with Gasteiger partial charge in [0.05, 0.1) is 0 Å². The van der Waals surface area contributed by atoms with E-state index in [-0.39, 0.29) is 0 Å². The maximum Gasteiger partial charge on any atom is 0.0172 e. The zero-order valence-electron chi connectivity index (χ0n) is 8.19. The van der Waals surface area contributed by atoms with E-state index in [1.54, 1.807) is 0 Å². The molecular formula is C10H21N. The van der Waals surface area contributed by atoms with Crippen LogP contribution in [0, 0.1) is 0 Å². The Hall–Kier alpha value is -0.460. The quantitative estimate of drug-likeness (QED) is 0.570. The number of rotatable bonds is 6. The first-order chi connectivity index (χ1) is 5.26. The molecule has 0 saturated heterocycles. The van der Waals surface area contributed by atoms with E-state index in [4.69, 9.17) is 0 Å². The number of nitrogens with zero attached hydrogens (tertiary/aromatic N) is 1. The fourth-order valence-electron chi connectivity index (χ4n) is 1.19. The molecule has 0 bridgehead atoms. The Morgan fingerprint density at radius 1 is 1.09 bits per heavy atom. The van der Waals surface area contributed by atoms with Crippen molar-refractivity contribution in [3.05, 3.63) is 12.3 Å². The first kappa shape index (κ1) is 10.5. The van der Waals surface area contributed by atoms with Crippen molar-refractivity contribution in [2.24, 2.45) is 0 Å². The smallest absolute Gasteiger partial charge is 0.0172 e. The maximum atomic E-state index is 4.04. The van der Waals surface area contributed by atoms with Crippen LogP contribution in [0.4, 0.5) is 0 Å². The predicted octanol–water partition coefficient (Wildman–Crippen LogP) is 3.03. The third kappa shape index (κ3) is 4.07. The standard InChI is InChI=1S/C10H21N/c1-5-8-11(9-6-2)10(4)7-3/h4-9H2,1-3H3.